The molecule has 2 nitrogen and oxygen atoms in total. The Balaban J connectivity index is 2.08. The molecule has 0 heterocycles. The van der Waals surface area contributed by atoms with Crippen molar-refractivity contribution >= 4 is 0 Å². The van der Waals surface area contributed by atoms with E-state index in [9.17, 15) is 5.11 Å². The maximum Gasteiger partial charge on any atom is 0.120 e. The van der Waals surface area contributed by atoms with Gasteiger partial charge >= 0.3 is 0 Å². The van der Waals surface area contributed by atoms with E-state index in [4.69, 9.17) is 0 Å². The summed E-state index contributed by atoms with van der Waals surface area (Å²) in [7, 11) is 0. The van der Waals surface area contributed by atoms with Crippen LogP contribution in [0.15, 0.2) is 48.5 Å². The molecule has 22 heavy (non-hydrogen) atoms. The van der Waals surface area contributed by atoms with E-state index in [0.29, 0.717) is 0 Å². The zero-order valence-electron chi connectivity index (χ0n) is 13.7. The number of nitrogens with zero attached hydrogens (tertiary/aromatic N) is 1. The summed E-state index contributed by atoms with van der Waals surface area (Å²) < 4.78 is 0. The van der Waals surface area contributed by atoms with Gasteiger partial charge in [-0.05, 0) is 35.3 Å². The molecule has 1 N–H and O–H groups in total. The topological polar surface area (TPSA) is 23.5 Å². The molecular formula is C20H25NO. The van der Waals surface area contributed by atoms with Crippen molar-refractivity contribution in [2.75, 3.05) is 19.6 Å². The Labute approximate surface area is 133 Å². The third-order valence-corrected chi connectivity index (χ3v) is 5.11. The number of rotatable bonds is 5. The lowest BCUT2D eigenvalue weighted by atomic mass is 9.80. The molecule has 0 bridgehead atoms. The highest BCUT2D eigenvalue weighted by molar-refractivity contribution is 5.80. The molecule has 1 aliphatic rings. The molecule has 2 aromatic rings. The van der Waals surface area contributed by atoms with Crippen molar-refractivity contribution < 1.29 is 5.11 Å². The van der Waals surface area contributed by atoms with Gasteiger partial charge in [0.15, 0.2) is 0 Å². The van der Waals surface area contributed by atoms with E-state index >= 15 is 0 Å². The first-order valence-electron chi connectivity index (χ1n) is 8.27. The lowest BCUT2D eigenvalue weighted by Gasteiger charge is -2.35. The third-order valence-electron chi connectivity index (χ3n) is 5.11. The van der Waals surface area contributed by atoms with Crippen LogP contribution in [0, 0.1) is 5.92 Å². The van der Waals surface area contributed by atoms with Crippen molar-refractivity contribution in [2.45, 2.75) is 26.4 Å². The monoisotopic (exact) mass is 295 g/mol. The largest absolute Gasteiger partial charge is 0.380 e. The van der Waals surface area contributed by atoms with Gasteiger partial charge in [-0.15, -0.1) is 0 Å². The normalized spacial score (nSPS) is 16.4. The quantitative estimate of drug-likeness (QED) is 0.905. The lowest BCUT2D eigenvalue weighted by Crippen LogP contribution is -2.40. The summed E-state index contributed by atoms with van der Waals surface area (Å²) in [4.78, 5) is 2.38. The summed E-state index contributed by atoms with van der Waals surface area (Å²) in [5, 5.41) is 11.7. The van der Waals surface area contributed by atoms with Crippen LogP contribution in [0.3, 0.4) is 0 Å². The van der Waals surface area contributed by atoms with E-state index in [1.54, 1.807) is 0 Å². The van der Waals surface area contributed by atoms with Gasteiger partial charge in [0.25, 0.3) is 0 Å². The minimum Gasteiger partial charge on any atom is -0.380 e. The highest BCUT2D eigenvalue weighted by Crippen LogP contribution is 2.50. The summed E-state index contributed by atoms with van der Waals surface area (Å²) >= 11 is 0. The Hall–Kier alpha value is -1.64. The second kappa shape index (κ2) is 5.86. The van der Waals surface area contributed by atoms with Crippen molar-refractivity contribution in [1.29, 1.82) is 0 Å². The van der Waals surface area contributed by atoms with Crippen LogP contribution < -0.4 is 0 Å². The molecule has 0 saturated carbocycles. The number of hydrogen-bond acceptors (Lipinski definition) is 2. The average molecular weight is 295 g/mol. The highest BCUT2D eigenvalue weighted by atomic mass is 16.3. The van der Waals surface area contributed by atoms with E-state index in [1.165, 1.54) is 11.1 Å². The van der Waals surface area contributed by atoms with Gasteiger partial charge in [0, 0.05) is 12.5 Å². The Morgan fingerprint density at radius 1 is 0.909 bits per heavy atom. The van der Waals surface area contributed by atoms with Crippen LogP contribution in [-0.4, -0.2) is 29.6 Å². The molecule has 0 unspecified atom stereocenters. The van der Waals surface area contributed by atoms with Gasteiger partial charge < -0.3 is 10.0 Å². The second-order valence-corrected chi connectivity index (χ2v) is 6.24. The maximum absolute atomic E-state index is 11.7. The SMILES string of the molecule is CCN(CC)C[C@H](C)C1(O)c2ccccc2-c2ccccc21. The fraction of sp³-hybridized carbons (Fsp3) is 0.400. The first kappa shape index (κ1) is 15.3. The van der Waals surface area contributed by atoms with Gasteiger partial charge in [-0.1, -0.05) is 69.3 Å². The first-order valence-corrected chi connectivity index (χ1v) is 8.27. The number of hydrogen-bond donors (Lipinski definition) is 1. The van der Waals surface area contributed by atoms with E-state index in [2.05, 4.69) is 62.1 Å². The molecule has 2 heteroatoms. The van der Waals surface area contributed by atoms with Crippen molar-refractivity contribution in [3.05, 3.63) is 59.7 Å². The van der Waals surface area contributed by atoms with E-state index in [1.807, 2.05) is 12.1 Å². The summed E-state index contributed by atoms with van der Waals surface area (Å²) in [5.41, 5.74) is 3.56. The van der Waals surface area contributed by atoms with Crippen LogP contribution in [0.4, 0.5) is 0 Å². The fourth-order valence-corrected chi connectivity index (χ4v) is 3.78. The van der Waals surface area contributed by atoms with Crippen LogP contribution in [0.2, 0.25) is 0 Å². The smallest absolute Gasteiger partial charge is 0.120 e. The van der Waals surface area contributed by atoms with Crippen LogP contribution >= 0.6 is 0 Å². The predicted molar refractivity (Wildman–Crippen MR) is 91.8 cm³/mol. The molecule has 1 aliphatic carbocycles. The summed E-state index contributed by atoms with van der Waals surface area (Å²) in [5.74, 6) is 0.136. The minimum absolute atomic E-state index is 0.136. The third kappa shape index (κ3) is 2.18. The van der Waals surface area contributed by atoms with Crippen LogP contribution in [0.5, 0.6) is 0 Å². The molecule has 0 spiro atoms. The van der Waals surface area contributed by atoms with Crippen LogP contribution in [-0.2, 0) is 5.60 Å². The van der Waals surface area contributed by atoms with Gasteiger partial charge in [-0.3, -0.25) is 0 Å². The Bertz CT molecular complexity index is 615. The standard InChI is InChI=1S/C20H25NO/c1-4-21(5-2)14-15(3)20(22)18-12-8-6-10-16(18)17-11-7-9-13-19(17)20/h6-13,15,22H,4-5,14H2,1-3H3/t15-/m0/s1. The zero-order chi connectivity index (χ0) is 15.7. The van der Waals surface area contributed by atoms with Crippen molar-refractivity contribution in [1.82, 2.24) is 4.90 Å². The molecule has 0 saturated heterocycles. The Kier molecular flexibility index (Phi) is 4.07. The van der Waals surface area contributed by atoms with Gasteiger partial charge in [-0.2, -0.15) is 0 Å². The molecule has 0 aliphatic heterocycles. The number of aliphatic hydroxyl groups is 1. The lowest BCUT2D eigenvalue weighted by molar-refractivity contribution is 0.0127. The van der Waals surface area contributed by atoms with E-state index in [0.717, 1.165) is 30.8 Å². The van der Waals surface area contributed by atoms with Gasteiger partial charge in [0.05, 0.1) is 0 Å². The molecular weight excluding hydrogens is 270 g/mol. The molecule has 0 fully saturated rings. The minimum atomic E-state index is -0.893. The summed E-state index contributed by atoms with van der Waals surface area (Å²) in [6.45, 7) is 9.44. The molecule has 0 radical (unpaired) electrons. The molecule has 3 rings (SSSR count). The van der Waals surface area contributed by atoms with Crippen molar-refractivity contribution in [3.63, 3.8) is 0 Å². The molecule has 116 valence electrons. The predicted octanol–water partition coefficient (Wildman–Crippen LogP) is 3.88. The van der Waals surface area contributed by atoms with Gasteiger partial charge in [0.1, 0.15) is 5.60 Å². The molecule has 0 amide bonds. The van der Waals surface area contributed by atoms with Crippen molar-refractivity contribution in [3.8, 4) is 11.1 Å². The maximum atomic E-state index is 11.7. The number of fused-ring (bicyclic) bond motifs is 3. The Morgan fingerprint density at radius 3 is 1.82 bits per heavy atom. The van der Waals surface area contributed by atoms with E-state index < -0.39 is 5.60 Å². The first-order chi connectivity index (χ1) is 10.6. The van der Waals surface area contributed by atoms with Gasteiger partial charge in [0.2, 0.25) is 0 Å². The number of benzene rings is 2. The summed E-state index contributed by atoms with van der Waals surface area (Å²) in [6.07, 6.45) is 0. The van der Waals surface area contributed by atoms with E-state index in [-0.39, 0.29) is 5.92 Å². The molecule has 0 aromatic heterocycles. The average Bonchev–Trinajstić information content (AvgIpc) is 2.84. The Morgan fingerprint density at radius 2 is 1.36 bits per heavy atom. The van der Waals surface area contributed by atoms with Crippen LogP contribution in [0.25, 0.3) is 11.1 Å². The molecule has 1 atom stereocenters. The fourth-order valence-electron chi connectivity index (χ4n) is 3.78. The molecule has 2 aromatic carbocycles. The second-order valence-electron chi connectivity index (χ2n) is 6.24. The highest BCUT2D eigenvalue weighted by Gasteiger charge is 2.45. The zero-order valence-corrected chi connectivity index (χ0v) is 13.7. The van der Waals surface area contributed by atoms with Gasteiger partial charge in [-0.25, -0.2) is 0 Å². The van der Waals surface area contributed by atoms with Crippen molar-refractivity contribution in [2.24, 2.45) is 5.92 Å². The van der Waals surface area contributed by atoms with Crippen LogP contribution in [0.1, 0.15) is 31.9 Å². The summed E-state index contributed by atoms with van der Waals surface area (Å²) in [6, 6.07) is 16.6.